The molecule has 4 aliphatic heterocycles. The number of amides is 6. The summed E-state index contributed by atoms with van der Waals surface area (Å²) in [4.78, 5) is 180. The van der Waals surface area contributed by atoms with E-state index in [-0.39, 0.29) is 141 Å². The molecule has 0 spiro atoms. The Kier molecular flexibility index (Phi) is 27.0. The van der Waals surface area contributed by atoms with Crippen LogP contribution in [-0.2, 0) is 79.7 Å². The fourth-order valence-electron chi connectivity index (χ4n) is 17.8. The van der Waals surface area contributed by atoms with Crippen LogP contribution in [0.15, 0.2) is 48.6 Å². The number of ether oxygens (including phenoxy) is 6. The second kappa shape index (κ2) is 36.3. The van der Waals surface area contributed by atoms with Crippen LogP contribution in [0.1, 0.15) is 195 Å². The number of Topliss-reactive ketones (excluding diaryl/α,β-unsaturated/α-hetero) is 2. The SMILES string of the molecule is COc1cccc2c1C(=O)c1c(O)c3c(c(O)c1C2=O)C[C@@](O)(C(=O)CO)C[C@@H]3OC1CC(NC(=O)C2CCC(CN3C(=O)C=CC3=O)CC2)C(O)C(C)O1.COc1cccc2c1C(=O)c1c(O)c3c(c(O)c1C2=O)C[C@@](O)(C(=O)CO)C[C@@H]3OC1CC(NC(=O)C2CCC(CN3C(=O)CC(SCC(=O)O)C3=O)CC2)C(O)C(C)O1.O=C(O)CS. The summed E-state index contributed by atoms with van der Waals surface area (Å²) in [6.07, 6.45) is -5.86. The molecule has 3 saturated heterocycles. The fourth-order valence-corrected chi connectivity index (χ4v) is 18.7. The monoisotopic (exact) mass is 1710 g/mol. The average molecular weight is 1710 g/mol. The quantitative estimate of drug-likeness (QED) is 0.0262. The molecule has 4 aromatic rings. The summed E-state index contributed by atoms with van der Waals surface area (Å²) >= 11 is 4.34. The number of carbonyl (C=O) groups is 14. The minimum Gasteiger partial charge on any atom is -0.507 e. The first kappa shape index (κ1) is 89.2. The lowest BCUT2D eigenvalue weighted by Gasteiger charge is -2.43. The number of hydrogen-bond donors (Lipinski definition) is 15. The van der Waals surface area contributed by atoms with Crippen LogP contribution in [0.3, 0.4) is 0 Å². The van der Waals surface area contributed by atoms with Gasteiger partial charge in [0.1, 0.15) is 71.1 Å². The number of nitrogens with one attached hydrogen (secondary N) is 2. The molecule has 13 atom stereocenters. The lowest BCUT2D eigenvalue weighted by Crippen LogP contribution is -2.56. The van der Waals surface area contributed by atoms with Crippen molar-refractivity contribution in [3.05, 3.63) is 115 Å². The Bertz CT molecular complexity index is 4880. The van der Waals surface area contributed by atoms with E-state index < -0.39 is 226 Å². The minimum atomic E-state index is -2.37. The number of phenols is 4. The largest absolute Gasteiger partial charge is 0.507 e. The van der Waals surface area contributed by atoms with Gasteiger partial charge in [0.2, 0.25) is 35.2 Å². The van der Waals surface area contributed by atoms with Crippen molar-refractivity contribution in [1.29, 1.82) is 0 Å². The van der Waals surface area contributed by atoms with Crippen LogP contribution in [0, 0.1) is 23.7 Å². The third kappa shape index (κ3) is 17.4. The van der Waals surface area contributed by atoms with Crippen molar-refractivity contribution in [3.8, 4) is 34.5 Å². The van der Waals surface area contributed by atoms with Crippen molar-refractivity contribution in [2.75, 3.05) is 52.0 Å². The molecule has 0 bridgehead atoms. The maximum Gasteiger partial charge on any atom is 0.313 e. The maximum absolute atomic E-state index is 14.0. The smallest absolute Gasteiger partial charge is 0.313 e. The molecule has 4 heterocycles. The Labute approximate surface area is 693 Å². The van der Waals surface area contributed by atoms with Crippen molar-refractivity contribution >= 4 is 106 Å². The molecule has 6 amide bonds. The van der Waals surface area contributed by atoms with E-state index in [0.717, 1.165) is 11.8 Å². The third-order valence-electron chi connectivity index (χ3n) is 24.1. The van der Waals surface area contributed by atoms with Gasteiger partial charge in [-0.25, -0.2) is 0 Å². The zero-order valence-corrected chi connectivity index (χ0v) is 67.1. The van der Waals surface area contributed by atoms with Crippen molar-refractivity contribution < 1.29 is 157 Å². The second-order valence-electron chi connectivity index (χ2n) is 31.6. The molecule has 6 aliphatic carbocycles. The zero-order valence-electron chi connectivity index (χ0n) is 65.4. The number of likely N-dealkylation sites (tertiary alicyclic amines) is 1. The Morgan fingerprint density at radius 3 is 1.30 bits per heavy atom. The first-order chi connectivity index (χ1) is 56.9. The molecule has 9 unspecified atom stereocenters. The number of methoxy groups -OCH3 is 2. The van der Waals surface area contributed by atoms with Crippen LogP contribution < -0.4 is 20.1 Å². The molecular formula is C82H92N4O32S2. The molecule has 0 aromatic heterocycles. The minimum absolute atomic E-state index is 0.0460. The highest BCUT2D eigenvalue weighted by Gasteiger charge is 2.54. The van der Waals surface area contributed by atoms with E-state index >= 15 is 0 Å². The number of imide groups is 2. The third-order valence-corrected chi connectivity index (χ3v) is 25.6. The number of fused-ring (bicyclic) bond motifs is 6. The molecule has 644 valence electrons. The summed E-state index contributed by atoms with van der Waals surface area (Å²) in [6, 6.07) is 6.78. The van der Waals surface area contributed by atoms with Crippen LogP contribution in [0.5, 0.6) is 34.5 Å². The van der Waals surface area contributed by atoms with Crippen LogP contribution in [0.4, 0.5) is 0 Å². The summed E-state index contributed by atoms with van der Waals surface area (Å²) in [7, 11) is 2.60. The van der Waals surface area contributed by atoms with E-state index in [1.54, 1.807) is 6.92 Å². The lowest BCUT2D eigenvalue weighted by atomic mass is 9.72. The number of thioether (sulfide) groups is 1. The Hall–Kier alpha value is -10.1. The molecule has 38 heteroatoms. The average Bonchev–Trinajstić information content (AvgIpc) is 0.813. The van der Waals surface area contributed by atoms with E-state index in [1.807, 2.05) is 0 Å². The molecule has 0 radical (unpaired) electrons. The number of carboxylic acid groups (broad SMARTS) is 2. The molecule has 4 aromatic carbocycles. The Morgan fingerprint density at radius 2 is 0.933 bits per heavy atom. The van der Waals surface area contributed by atoms with Gasteiger partial charge in [-0.05, 0) is 89.2 Å². The maximum atomic E-state index is 14.0. The number of rotatable bonds is 22. The predicted molar refractivity (Wildman–Crippen MR) is 415 cm³/mol. The molecule has 10 aliphatic rings. The Balaban J connectivity index is 0.000000209. The van der Waals surface area contributed by atoms with Crippen LogP contribution in [0.25, 0.3) is 0 Å². The van der Waals surface area contributed by atoms with Crippen LogP contribution in [-0.4, -0.2) is 271 Å². The number of nitrogens with zero attached hydrogens (tertiary/aromatic N) is 2. The number of aromatic hydroxyl groups is 4. The first-order valence-corrected chi connectivity index (χ1v) is 40.7. The van der Waals surface area contributed by atoms with Gasteiger partial charge in [-0.3, -0.25) is 76.9 Å². The number of thiol groups is 1. The van der Waals surface area contributed by atoms with Gasteiger partial charge < -0.3 is 100 Å². The molecule has 36 nitrogen and oxygen atoms in total. The number of hydrogen-bond acceptors (Lipinski definition) is 32. The molecule has 2 saturated carbocycles. The molecule has 14 N–H and O–H groups in total. The van der Waals surface area contributed by atoms with E-state index in [2.05, 4.69) is 23.3 Å². The first-order valence-electron chi connectivity index (χ1n) is 39.0. The normalized spacial score (nSPS) is 29.1. The van der Waals surface area contributed by atoms with Gasteiger partial charge in [0.15, 0.2) is 35.7 Å². The van der Waals surface area contributed by atoms with Crippen LogP contribution >= 0.6 is 24.4 Å². The van der Waals surface area contributed by atoms with Crippen molar-refractivity contribution in [2.45, 2.75) is 188 Å². The van der Waals surface area contributed by atoms with E-state index in [0.29, 0.717) is 51.4 Å². The summed E-state index contributed by atoms with van der Waals surface area (Å²) in [5, 5.41) is 133. The topological polar surface area (TPSA) is 568 Å². The number of carbonyl (C=O) groups excluding carboxylic acids is 12. The van der Waals surface area contributed by atoms with Crippen molar-refractivity contribution in [3.63, 3.8) is 0 Å². The number of aliphatic hydroxyl groups excluding tert-OH is 4. The van der Waals surface area contributed by atoms with Gasteiger partial charge in [-0.1, -0.05) is 24.3 Å². The van der Waals surface area contributed by atoms with Gasteiger partial charge in [-0.15, -0.1) is 11.8 Å². The zero-order chi connectivity index (χ0) is 87.2. The predicted octanol–water partition coefficient (Wildman–Crippen LogP) is 1.80. The number of aliphatic carboxylic acids is 2. The summed E-state index contributed by atoms with van der Waals surface area (Å²) in [5.41, 5.74) is -8.19. The van der Waals surface area contributed by atoms with Gasteiger partial charge in [-0.2, -0.15) is 12.6 Å². The summed E-state index contributed by atoms with van der Waals surface area (Å²) in [6.45, 7) is 1.37. The van der Waals surface area contributed by atoms with Crippen molar-refractivity contribution in [1.82, 2.24) is 20.4 Å². The summed E-state index contributed by atoms with van der Waals surface area (Å²) < 4.78 is 35.1. The van der Waals surface area contributed by atoms with Gasteiger partial charge in [0.05, 0.1) is 101 Å². The van der Waals surface area contributed by atoms with Gasteiger partial charge >= 0.3 is 11.9 Å². The highest BCUT2D eigenvalue weighted by molar-refractivity contribution is 8.01. The fraction of sp³-hybridized carbons (Fsp3) is 0.512. The molecule has 120 heavy (non-hydrogen) atoms. The number of ketones is 6. The van der Waals surface area contributed by atoms with E-state index in [4.69, 9.17) is 38.6 Å². The second-order valence-corrected chi connectivity index (χ2v) is 33.1. The highest BCUT2D eigenvalue weighted by Crippen LogP contribution is 2.55. The lowest BCUT2D eigenvalue weighted by molar-refractivity contribution is -0.249. The van der Waals surface area contributed by atoms with E-state index in [1.165, 1.54) is 79.5 Å². The number of aliphatic hydroxyl groups is 6. The molecule has 14 rings (SSSR count). The summed E-state index contributed by atoms with van der Waals surface area (Å²) in [5.74, 6) is -13.6. The number of carboxylic acids is 2. The van der Waals surface area contributed by atoms with Crippen molar-refractivity contribution in [2.24, 2.45) is 23.7 Å². The number of phenolic OH excluding ortho intramolecular Hbond substituents is 4. The Morgan fingerprint density at radius 1 is 0.550 bits per heavy atom. The van der Waals surface area contributed by atoms with Gasteiger partial charge in [0.25, 0.3) is 11.8 Å². The van der Waals surface area contributed by atoms with Gasteiger partial charge in [0, 0.05) is 115 Å². The van der Waals surface area contributed by atoms with Crippen LogP contribution in [0.2, 0.25) is 0 Å². The number of benzene rings is 4. The van der Waals surface area contributed by atoms with E-state index in [9.17, 15) is 118 Å². The molecule has 5 fully saturated rings. The standard InChI is InChI=1S/C41H46N2O16S.C39H42N2O14.C2H4O2S/c1-17-34(49)22(42-39(54)19-8-6-18(7-9-19)14-43-27(46)11-25(40(43)55)60-16-28(47)48)10-29(58-17)59-24-13-41(56,26(45)15-44)12-21-31(24)38(53)33-32(36(21)51)35(50)20-4-3-5-23(57-2)30(20)37(33)52;1-17-33(46)22(40-38(51)19-8-6-18(7-9-19)15-41-26(44)10-11-27(41)45)12-28(54-17)55-24-14-39(52,25(43)16-42)13-21-30(24)37(50)32-31(35(21)48)34(47)20-4-3-5-23(53-2)29(20)36(32)49;3-2(4)1-5/h3-5,17-19,22,24-25,29,34,44,49,51,53,56H,6-16H2,1-2H3,(H,42,54)(H,47,48);3-5,10-11,17-19,22,24,28,33,42,46,48,50,52H,6-9,12-16H2,1-2H3,(H,40,51);5H,1H2,(H,3,4)/t17?,18?,19?,22?,24-,25?,29?,34?,41-;17?,18?,19?,22?,24-,28?,33?,39-;/m00./s1. The highest BCUT2D eigenvalue weighted by atomic mass is 32.2. The molecular weight excluding hydrogens is 1620 g/mol.